The number of aryl methyl sites for hydroxylation is 1. The second-order valence-electron chi connectivity index (χ2n) is 3.65. The van der Waals surface area contributed by atoms with E-state index in [-0.39, 0.29) is 0 Å². The van der Waals surface area contributed by atoms with Crippen LogP contribution in [0.25, 0.3) is 0 Å². The molecule has 0 heterocycles. The average Bonchev–Trinajstić information content (AvgIpc) is 2.21. The lowest BCUT2D eigenvalue weighted by atomic mass is 10.2. The molecular weight excluding hydrogens is 170 g/mol. The van der Waals surface area contributed by atoms with Gasteiger partial charge in [0.15, 0.2) is 0 Å². The first-order valence-corrected chi connectivity index (χ1v) is 5.39. The third kappa shape index (κ3) is 4.22. The minimum Gasteiger partial charge on any atom is -0.293 e. The van der Waals surface area contributed by atoms with Gasteiger partial charge < -0.3 is 0 Å². The molecule has 1 heteroatoms. The molecule has 0 radical (unpaired) electrons. The van der Waals surface area contributed by atoms with Crippen molar-refractivity contribution in [1.82, 2.24) is 0 Å². The van der Waals surface area contributed by atoms with E-state index in [1.807, 2.05) is 6.21 Å². The smallest absolute Gasteiger partial charge is 0.0389 e. The number of nitrogens with zero attached hydrogens (tertiary/aromatic N) is 1. The lowest BCUT2D eigenvalue weighted by Crippen LogP contribution is -1.85. The molecule has 0 saturated heterocycles. The van der Waals surface area contributed by atoms with Gasteiger partial charge in [0.25, 0.3) is 0 Å². The molecule has 0 atom stereocenters. The Balaban J connectivity index is 2.33. The molecule has 0 saturated carbocycles. The summed E-state index contributed by atoms with van der Waals surface area (Å²) in [5.41, 5.74) is 2.50. The average molecular weight is 189 g/mol. The first kappa shape index (κ1) is 11.0. The monoisotopic (exact) mass is 189 g/mol. The van der Waals surface area contributed by atoms with Crippen molar-refractivity contribution >= 4 is 6.21 Å². The Morgan fingerprint density at radius 1 is 1.14 bits per heavy atom. The number of hydrogen-bond donors (Lipinski definition) is 0. The zero-order chi connectivity index (χ0) is 10.2. The highest BCUT2D eigenvalue weighted by molar-refractivity contribution is 5.79. The van der Waals surface area contributed by atoms with E-state index in [4.69, 9.17) is 0 Å². The van der Waals surface area contributed by atoms with Crippen LogP contribution in [0.3, 0.4) is 0 Å². The van der Waals surface area contributed by atoms with Crippen LogP contribution in [0.4, 0.5) is 0 Å². The highest BCUT2D eigenvalue weighted by Crippen LogP contribution is 2.00. The Hall–Kier alpha value is -1.11. The fourth-order valence-corrected chi connectivity index (χ4v) is 1.28. The molecule has 0 aliphatic rings. The van der Waals surface area contributed by atoms with E-state index in [9.17, 15) is 0 Å². The Morgan fingerprint density at radius 3 is 2.50 bits per heavy atom. The van der Waals surface area contributed by atoms with Gasteiger partial charge in [-0.3, -0.25) is 4.99 Å². The van der Waals surface area contributed by atoms with E-state index in [0.29, 0.717) is 0 Å². The van der Waals surface area contributed by atoms with Gasteiger partial charge in [-0.05, 0) is 18.9 Å². The molecule has 0 N–H and O–H groups in total. The summed E-state index contributed by atoms with van der Waals surface area (Å²) in [5, 5.41) is 0. The minimum absolute atomic E-state index is 0.960. The van der Waals surface area contributed by atoms with E-state index < -0.39 is 0 Å². The molecule has 1 aromatic carbocycles. The number of unbranched alkanes of at least 4 members (excludes halogenated alkanes) is 2. The summed E-state index contributed by atoms with van der Waals surface area (Å²) in [7, 11) is 0. The van der Waals surface area contributed by atoms with Crippen LogP contribution in [-0.4, -0.2) is 12.8 Å². The maximum Gasteiger partial charge on any atom is 0.0389 e. The van der Waals surface area contributed by atoms with Gasteiger partial charge in [0.05, 0.1) is 0 Å². The second-order valence-corrected chi connectivity index (χ2v) is 3.65. The molecule has 76 valence electrons. The van der Waals surface area contributed by atoms with Crippen molar-refractivity contribution in [3.05, 3.63) is 35.4 Å². The van der Waals surface area contributed by atoms with E-state index in [1.54, 1.807) is 0 Å². The van der Waals surface area contributed by atoms with Gasteiger partial charge in [-0.2, -0.15) is 0 Å². The van der Waals surface area contributed by atoms with Gasteiger partial charge >= 0.3 is 0 Å². The first-order chi connectivity index (χ1) is 6.83. The maximum atomic E-state index is 4.38. The first-order valence-electron chi connectivity index (χ1n) is 5.39. The zero-order valence-corrected chi connectivity index (χ0v) is 9.16. The second kappa shape index (κ2) is 6.36. The predicted molar refractivity (Wildman–Crippen MR) is 63.2 cm³/mol. The number of aliphatic imine (C=N–C) groups is 1. The van der Waals surface area contributed by atoms with Crippen LogP contribution in [-0.2, 0) is 0 Å². The van der Waals surface area contributed by atoms with Crippen LogP contribution in [0.1, 0.15) is 37.3 Å². The van der Waals surface area contributed by atoms with E-state index in [1.165, 1.54) is 30.4 Å². The van der Waals surface area contributed by atoms with Gasteiger partial charge in [-0.1, -0.05) is 49.6 Å². The molecular formula is C13H19N. The van der Waals surface area contributed by atoms with Crippen molar-refractivity contribution in [3.63, 3.8) is 0 Å². The molecule has 0 unspecified atom stereocenters. The molecule has 0 aromatic heterocycles. The Morgan fingerprint density at radius 2 is 1.86 bits per heavy atom. The lowest BCUT2D eigenvalue weighted by molar-refractivity contribution is 0.729. The van der Waals surface area contributed by atoms with Crippen LogP contribution in [0, 0.1) is 6.92 Å². The Kier molecular flexibility index (Phi) is 4.98. The van der Waals surface area contributed by atoms with Crippen molar-refractivity contribution in [2.75, 3.05) is 6.54 Å². The third-order valence-corrected chi connectivity index (χ3v) is 2.21. The summed E-state index contributed by atoms with van der Waals surface area (Å²) in [6, 6.07) is 8.46. The van der Waals surface area contributed by atoms with Crippen LogP contribution in [0.15, 0.2) is 29.3 Å². The van der Waals surface area contributed by atoms with Gasteiger partial charge in [-0.25, -0.2) is 0 Å². The predicted octanol–water partition coefficient (Wildman–Crippen LogP) is 3.60. The molecule has 0 bridgehead atoms. The quantitative estimate of drug-likeness (QED) is 0.495. The lowest BCUT2D eigenvalue weighted by Gasteiger charge is -1.95. The number of hydrogen-bond acceptors (Lipinski definition) is 1. The number of benzene rings is 1. The fourth-order valence-electron chi connectivity index (χ4n) is 1.28. The van der Waals surface area contributed by atoms with Crippen molar-refractivity contribution in [2.45, 2.75) is 33.1 Å². The van der Waals surface area contributed by atoms with Crippen LogP contribution < -0.4 is 0 Å². The summed E-state index contributed by atoms with van der Waals surface area (Å²) in [4.78, 5) is 4.38. The zero-order valence-electron chi connectivity index (χ0n) is 9.16. The Labute approximate surface area is 86.9 Å². The third-order valence-electron chi connectivity index (χ3n) is 2.21. The maximum absolute atomic E-state index is 4.38. The molecule has 0 amide bonds. The Bertz CT molecular complexity index is 272. The van der Waals surface area contributed by atoms with Crippen molar-refractivity contribution < 1.29 is 0 Å². The van der Waals surface area contributed by atoms with Gasteiger partial charge in [0, 0.05) is 12.8 Å². The number of rotatable bonds is 5. The fraction of sp³-hybridized carbons (Fsp3) is 0.462. The minimum atomic E-state index is 0.960. The van der Waals surface area contributed by atoms with Crippen LogP contribution in [0.5, 0.6) is 0 Å². The standard InChI is InChI=1S/C13H19N/c1-3-4-5-10-14-11-13-8-6-12(2)7-9-13/h6-9,11H,3-5,10H2,1-2H3. The summed E-state index contributed by atoms with van der Waals surface area (Å²) >= 11 is 0. The van der Waals surface area contributed by atoms with E-state index in [2.05, 4.69) is 43.1 Å². The summed E-state index contributed by atoms with van der Waals surface area (Å²) in [6.07, 6.45) is 5.72. The molecule has 0 fully saturated rings. The van der Waals surface area contributed by atoms with Gasteiger partial charge in [0.1, 0.15) is 0 Å². The van der Waals surface area contributed by atoms with Gasteiger partial charge in [0.2, 0.25) is 0 Å². The summed E-state index contributed by atoms with van der Waals surface area (Å²) in [5.74, 6) is 0. The molecule has 14 heavy (non-hydrogen) atoms. The summed E-state index contributed by atoms with van der Waals surface area (Å²) in [6.45, 7) is 5.27. The molecule has 0 aliphatic heterocycles. The van der Waals surface area contributed by atoms with Crippen molar-refractivity contribution in [2.24, 2.45) is 4.99 Å². The topological polar surface area (TPSA) is 12.4 Å². The van der Waals surface area contributed by atoms with Crippen molar-refractivity contribution in [1.29, 1.82) is 0 Å². The van der Waals surface area contributed by atoms with Crippen LogP contribution >= 0.6 is 0 Å². The molecule has 1 aromatic rings. The van der Waals surface area contributed by atoms with E-state index >= 15 is 0 Å². The highest BCUT2D eigenvalue weighted by Gasteiger charge is 1.87. The highest BCUT2D eigenvalue weighted by atomic mass is 14.7. The van der Waals surface area contributed by atoms with Gasteiger partial charge in [-0.15, -0.1) is 0 Å². The molecule has 0 aliphatic carbocycles. The normalized spacial score (nSPS) is 11.0. The van der Waals surface area contributed by atoms with Crippen LogP contribution in [0.2, 0.25) is 0 Å². The molecule has 1 rings (SSSR count). The molecule has 1 nitrogen and oxygen atoms in total. The SMILES string of the molecule is CCCCCN=Cc1ccc(C)cc1. The summed E-state index contributed by atoms with van der Waals surface area (Å²) < 4.78 is 0. The largest absolute Gasteiger partial charge is 0.293 e. The molecule has 0 spiro atoms. The van der Waals surface area contributed by atoms with Crippen molar-refractivity contribution in [3.8, 4) is 0 Å². The van der Waals surface area contributed by atoms with E-state index in [0.717, 1.165) is 6.54 Å².